The highest BCUT2D eigenvalue weighted by atomic mass is 32.2. The lowest BCUT2D eigenvalue weighted by atomic mass is 10.2. The number of rotatable bonds is 2. The summed E-state index contributed by atoms with van der Waals surface area (Å²) in [5.74, 6) is 0. The van der Waals surface area contributed by atoms with Gasteiger partial charge in [0, 0.05) is 14.1 Å². The van der Waals surface area contributed by atoms with Crippen LogP contribution in [0.5, 0.6) is 0 Å². The Balaban J connectivity index is 2.62. The third-order valence-corrected chi connectivity index (χ3v) is 3.64. The summed E-state index contributed by atoms with van der Waals surface area (Å²) >= 11 is 6.56. The summed E-state index contributed by atoms with van der Waals surface area (Å²) < 4.78 is 1.38. The maximum Gasteiger partial charge on any atom is 0.281 e. The molecule has 2 rings (SSSR count). The topological polar surface area (TPSA) is 50.2 Å². The molecule has 19 heavy (non-hydrogen) atoms. The number of para-hydroxylation sites is 1. The van der Waals surface area contributed by atoms with Crippen molar-refractivity contribution < 1.29 is 0 Å². The van der Waals surface area contributed by atoms with E-state index in [4.69, 9.17) is 12.2 Å². The summed E-state index contributed by atoms with van der Waals surface area (Å²) in [4.78, 5) is 18.6. The molecule has 100 valence electrons. The average molecular weight is 294 g/mol. The van der Waals surface area contributed by atoms with E-state index in [0.717, 1.165) is 0 Å². The number of thiocarbonyl (C=S) groups is 1. The monoisotopic (exact) mass is 294 g/mol. The number of fused-ring (bicyclic) bond motifs is 1. The Morgan fingerprint density at radius 3 is 2.74 bits per heavy atom. The zero-order chi connectivity index (χ0) is 14.0. The molecule has 2 aromatic rings. The molecule has 0 fully saturated rings. The Kier molecular flexibility index (Phi) is 4.06. The number of hydrogen-bond donors (Lipinski definition) is 1. The first-order valence-electron chi connectivity index (χ1n) is 5.58. The molecular formula is C12H14N4OS2. The second-order valence-corrected chi connectivity index (χ2v) is 5.23. The van der Waals surface area contributed by atoms with Gasteiger partial charge in [-0.3, -0.25) is 10.2 Å². The Labute approximate surface area is 120 Å². The molecule has 5 nitrogen and oxygen atoms in total. The van der Waals surface area contributed by atoms with Crippen molar-refractivity contribution in [3.05, 3.63) is 34.6 Å². The van der Waals surface area contributed by atoms with E-state index in [1.165, 1.54) is 16.4 Å². The second-order valence-electron chi connectivity index (χ2n) is 4.07. The number of nitrogens with zero attached hydrogens (tertiary/aromatic N) is 3. The number of benzene rings is 1. The van der Waals surface area contributed by atoms with Gasteiger partial charge in [-0.2, -0.15) is 4.68 Å². The first-order chi connectivity index (χ1) is 9.04. The Hall–Kier alpha value is -1.60. The zero-order valence-electron chi connectivity index (χ0n) is 10.9. The van der Waals surface area contributed by atoms with Crippen LogP contribution in [0.2, 0.25) is 0 Å². The van der Waals surface area contributed by atoms with E-state index < -0.39 is 0 Å². The van der Waals surface area contributed by atoms with Gasteiger partial charge in [-0.25, -0.2) is 4.98 Å². The molecule has 0 radical (unpaired) electrons. The van der Waals surface area contributed by atoms with Gasteiger partial charge in [-0.1, -0.05) is 23.9 Å². The van der Waals surface area contributed by atoms with Crippen molar-refractivity contribution in [3.8, 4) is 0 Å². The third-order valence-electron chi connectivity index (χ3n) is 2.54. The molecule has 0 saturated carbocycles. The highest BCUT2D eigenvalue weighted by Gasteiger charge is 2.11. The third kappa shape index (κ3) is 2.71. The predicted molar refractivity (Wildman–Crippen MR) is 83.4 cm³/mol. The lowest BCUT2D eigenvalue weighted by molar-refractivity contribution is 0.614. The summed E-state index contributed by atoms with van der Waals surface area (Å²) in [6, 6.07) is 7.26. The molecule has 0 aliphatic rings. The molecular weight excluding hydrogens is 280 g/mol. The van der Waals surface area contributed by atoms with Crippen LogP contribution >= 0.6 is 24.0 Å². The van der Waals surface area contributed by atoms with Crippen LogP contribution < -0.4 is 11.0 Å². The molecule has 1 N–H and O–H groups in total. The number of nitrogens with one attached hydrogen (secondary N) is 1. The molecule has 0 amide bonds. The molecule has 7 heteroatoms. The first-order valence-corrected chi connectivity index (χ1v) is 7.22. The van der Waals surface area contributed by atoms with Gasteiger partial charge in [0.05, 0.1) is 10.9 Å². The van der Waals surface area contributed by atoms with Crippen LogP contribution in [0.4, 0.5) is 0 Å². The lowest BCUT2D eigenvalue weighted by Crippen LogP contribution is -2.39. The smallest absolute Gasteiger partial charge is 0.281 e. The SMILES string of the molecule is CSc1nc2ccccc2c(=O)n1NC(=S)N(C)C. The van der Waals surface area contributed by atoms with E-state index in [-0.39, 0.29) is 5.56 Å². The fraction of sp³-hybridized carbons (Fsp3) is 0.250. The van der Waals surface area contributed by atoms with Crippen molar-refractivity contribution >= 4 is 40.0 Å². The van der Waals surface area contributed by atoms with Crippen molar-refractivity contribution in [1.82, 2.24) is 14.6 Å². The van der Waals surface area contributed by atoms with Crippen LogP contribution in [0.25, 0.3) is 10.9 Å². The van der Waals surface area contributed by atoms with Gasteiger partial charge >= 0.3 is 0 Å². The van der Waals surface area contributed by atoms with E-state index in [9.17, 15) is 4.79 Å². The molecule has 1 aromatic heterocycles. The molecule has 0 spiro atoms. The summed E-state index contributed by atoms with van der Waals surface area (Å²) in [5, 5.41) is 1.59. The summed E-state index contributed by atoms with van der Waals surface area (Å²) in [6.07, 6.45) is 1.87. The highest BCUT2D eigenvalue weighted by Crippen LogP contribution is 2.13. The van der Waals surface area contributed by atoms with E-state index in [1.54, 1.807) is 11.0 Å². The summed E-state index contributed by atoms with van der Waals surface area (Å²) in [5.41, 5.74) is 3.43. The standard InChI is InChI=1S/C12H14N4OS2/c1-15(2)11(18)14-16-10(17)8-6-4-5-7-9(8)13-12(16)19-3/h4-7H,1-3H3,(H,14,18). The number of aromatic nitrogens is 2. The van der Waals surface area contributed by atoms with Gasteiger partial charge in [0.2, 0.25) is 0 Å². The van der Waals surface area contributed by atoms with Gasteiger partial charge in [0.1, 0.15) is 0 Å². The normalized spacial score (nSPS) is 10.5. The largest absolute Gasteiger partial charge is 0.354 e. The Morgan fingerprint density at radius 2 is 2.11 bits per heavy atom. The van der Waals surface area contributed by atoms with E-state index >= 15 is 0 Å². The zero-order valence-corrected chi connectivity index (χ0v) is 12.5. The predicted octanol–water partition coefficient (Wildman–Crippen LogP) is 1.51. The van der Waals surface area contributed by atoms with Crippen molar-refractivity contribution in [2.24, 2.45) is 0 Å². The molecule has 1 heterocycles. The van der Waals surface area contributed by atoms with Gasteiger partial charge < -0.3 is 4.90 Å². The first kappa shape index (κ1) is 13.8. The maximum atomic E-state index is 12.4. The van der Waals surface area contributed by atoms with E-state index in [2.05, 4.69) is 10.4 Å². The van der Waals surface area contributed by atoms with Crippen LogP contribution in [0.1, 0.15) is 0 Å². The molecule has 0 aliphatic carbocycles. The van der Waals surface area contributed by atoms with Crippen LogP contribution in [0.15, 0.2) is 34.2 Å². The van der Waals surface area contributed by atoms with Crippen LogP contribution in [0.3, 0.4) is 0 Å². The number of hydrogen-bond acceptors (Lipinski definition) is 4. The minimum Gasteiger partial charge on any atom is -0.354 e. The van der Waals surface area contributed by atoms with Crippen LogP contribution in [-0.2, 0) is 0 Å². The highest BCUT2D eigenvalue weighted by molar-refractivity contribution is 7.98. The van der Waals surface area contributed by atoms with Gasteiger partial charge in [0.25, 0.3) is 5.56 Å². The fourth-order valence-electron chi connectivity index (χ4n) is 1.54. The quantitative estimate of drug-likeness (QED) is 0.515. The summed E-state index contributed by atoms with van der Waals surface area (Å²) in [7, 11) is 3.63. The second kappa shape index (κ2) is 5.58. The van der Waals surface area contributed by atoms with Gasteiger partial charge in [-0.15, -0.1) is 0 Å². The van der Waals surface area contributed by atoms with Gasteiger partial charge in [0.15, 0.2) is 10.3 Å². The molecule has 0 unspecified atom stereocenters. The number of thioether (sulfide) groups is 1. The van der Waals surface area contributed by atoms with E-state index in [1.807, 2.05) is 38.6 Å². The molecule has 0 atom stereocenters. The molecule has 0 saturated heterocycles. The maximum absolute atomic E-state index is 12.4. The molecule has 0 aliphatic heterocycles. The fourth-order valence-corrected chi connectivity index (χ4v) is 2.14. The van der Waals surface area contributed by atoms with E-state index in [0.29, 0.717) is 21.2 Å². The van der Waals surface area contributed by atoms with Crippen molar-refractivity contribution in [3.63, 3.8) is 0 Å². The Morgan fingerprint density at radius 1 is 1.42 bits per heavy atom. The van der Waals surface area contributed by atoms with Crippen LogP contribution in [-0.4, -0.2) is 40.0 Å². The Bertz CT molecular complexity index is 681. The lowest BCUT2D eigenvalue weighted by Gasteiger charge is -2.18. The van der Waals surface area contributed by atoms with Crippen molar-refractivity contribution in [1.29, 1.82) is 0 Å². The van der Waals surface area contributed by atoms with Crippen molar-refractivity contribution in [2.75, 3.05) is 25.8 Å². The van der Waals surface area contributed by atoms with Crippen LogP contribution in [0, 0.1) is 0 Å². The minimum atomic E-state index is -0.154. The van der Waals surface area contributed by atoms with Gasteiger partial charge in [-0.05, 0) is 30.6 Å². The van der Waals surface area contributed by atoms with Crippen molar-refractivity contribution in [2.45, 2.75) is 5.16 Å². The summed E-state index contributed by atoms with van der Waals surface area (Å²) in [6.45, 7) is 0. The average Bonchev–Trinajstić information content (AvgIpc) is 2.41. The molecule has 1 aromatic carbocycles. The molecule has 0 bridgehead atoms. The minimum absolute atomic E-state index is 0.154.